The molecule has 1 amide bonds. The smallest absolute Gasteiger partial charge is 0.266 e. The van der Waals surface area contributed by atoms with Crippen LogP contribution in [0.5, 0.6) is 0 Å². The van der Waals surface area contributed by atoms with Gasteiger partial charge in [-0.05, 0) is 18.6 Å². The Hall–Kier alpha value is -1.50. The summed E-state index contributed by atoms with van der Waals surface area (Å²) in [5.74, 6) is 4.73. The lowest BCUT2D eigenvalue weighted by Gasteiger charge is -2.14. The summed E-state index contributed by atoms with van der Waals surface area (Å²) in [6.07, 6.45) is 2.93. The van der Waals surface area contributed by atoms with Crippen LogP contribution < -0.4 is 11.3 Å². The summed E-state index contributed by atoms with van der Waals surface area (Å²) in [6.45, 7) is 2.73. The van der Waals surface area contributed by atoms with Crippen LogP contribution in [0.4, 0.5) is 0 Å². The number of hydrogen-bond acceptors (Lipinski definition) is 5. The van der Waals surface area contributed by atoms with Gasteiger partial charge in [-0.3, -0.25) is 20.1 Å². The van der Waals surface area contributed by atoms with E-state index in [2.05, 4.69) is 15.3 Å². The van der Waals surface area contributed by atoms with E-state index in [9.17, 15) is 4.79 Å². The minimum atomic E-state index is -0.324. The number of hydrogen-bond donors (Lipinski definition) is 2. The summed E-state index contributed by atoms with van der Waals surface area (Å²) in [4.78, 5) is 17.8. The molecule has 0 spiro atoms. The first-order chi connectivity index (χ1) is 8.72. The van der Waals surface area contributed by atoms with Crippen molar-refractivity contribution in [1.82, 2.24) is 15.3 Å². The highest BCUT2D eigenvalue weighted by molar-refractivity contribution is 5.93. The predicted molar refractivity (Wildman–Crippen MR) is 66.6 cm³/mol. The number of nitrogens with zero attached hydrogens (tertiary/aromatic N) is 2. The normalized spacial score (nSPS) is 20.0. The zero-order chi connectivity index (χ0) is 13.0. The average molecular weight is 250 g/mol. The van der Waals surface area contributed by atoms with Crippen LogP contribution in [-0.4, -0.2) is 42.1 Å². The number of nitrogen functional groups attached to an aromatic ring is 1. The highest BCUT2D eigenvalue weighted by Gasteiger charge is 2.22. The van der Waals surface area contributed by atoms with Crippen LogP contribution in [0.3, 0.4) is 0 Å². The van der Waals surface area contributed by atoms with Gasteiger partial charge >= 0.3 is 0 Å². The number of rotatable bonds is 4. The van der Waals surface area contributed by atoms with E-state index in [-0.39, 0.29) is 5.91 Å². The van der Waals surface area contributed by atoms with Crippen LogP contribution in [0.15, 0.2) is 18.3 Å². The second-order valence-corrected chi connectivity index (χ2v) is 4.39. The summed E-state index contributed by atoms with van der Waals surface area (Å²) < 4.78 is 5.32. The standard InChI is InChI=1S/C12H18N4O2/c1-18-11-4-5-16(8-11)7-10-3-2-9(6-14-10)12(17)15-13/h2-3,6,11H,4-5,7-8,13H2,1H3,(H,15,17). The van der Waals surface area contributed by atoms with Gasteiger partial charge in [-0.2, -0.15) is 0 Å². The molecule has 1 fully saturated rings. The number of likely N-dealkylation sites (tertiary alicyclic amines) is 1. The molecule has 18 heavy (non-hydrogen) atoms. The lowest BCUT2D eigenvalue weighted by molar-refractivity contribution is 0.0953. The number of carbonyl (C=O) groups excluding carboxylic acids is 1. The number of pyridine rings is 1. The third-order valence-corrected chi connectivity index (χ3v) is 3.17. The zero-order valence-corrected chi connectivity index (χ0v) is 10.4. The van der Waals surface area contributed by atoms with Crippen molar-refractivity contribution < 1.29 is 9.53 Å². The second kappa shape index (κ2) is 5.90. The molecule has 6 nitrogen and oxygen atoms in total. The number of carbonyl (C=O) groups is 1. The van der Waals surface area contributed by atoms with E-state index in [0.29, 0.717) is 11.7 Å². The first kappa shape index (κ1) is 12.9. The van der Waals surface area contributed by atoms with Gasteiger partial charge in [-0.1, -0.05) is 0 Å². The molecule has 1 atom stereocenters. The molecular weight excluding hydrogens is 232 g/mol. The average Bonchev–Trinajstić information content (AvgIpc) is 2.86. The van der Waals surface area contributed by atoms with Gasteiger partial charge in [0, 0.05) is 32.9 Å². The van der Waals surface area contributed by atoms with Crippen LogP contribution >= 0.6 is 0 Å². The van der Waals surface area contributed by atoms with Crippen molar-refractivity contribution in [2.24, 2.45) is 5.84 Å². The third-order valence-electron chi connectivity index (χ3n) is 3.17. The van der Waals surface area contributed by atoms with Gasteiger partial charge in [-0.15, -0.1) is 0 Å². The van der Waals surface area contributed by atoms with Crippen molar-refractivity contribution in [2.75, 3.05) is 20.2 Å². The molecule has 1 aliphatic heterocycles. The van der Waals surface area contributed by atoms with Crippen molar-refractivity contribution >= 4 is 5.91 Å². The fourth-order valence-corrected chi connectivity index (χ4v) is 2.10. The van der Waals surface area contributed by atoms with Crippen LogP contribution in [0.1, 0.15) is 22.5 Å². The van der Waals surface area contributed by atoms with Gasteiger partial charge in [0.2, 0.25) is 0 Å². The van der Waals surface area contributed by atoms with E-state index in [1.807, 2.05) is 6.07 Å². The number of nitrogens with one attached hydrogen (secondary N) is 1. The number of ether oxygens (including phenoxy) is 1. The summed E-state index contributed by atoms with van der Waals surface area (Å²) in [5, 5.41) is 0. The Labute approximate surface area is 106 Å². The largest absolute Gasteiger partial charge is 0.380 e. The number of amides is 1. The van der Waals surface area contributed by atoms with Crippen LogP contribution in [0.25, 0.3) is 0 Å². The SMILES string of the molecule is COC1CCN(Cc2ccc(C(=O)NN)cn2)C1. The summed E-state index contributed by atoms with van der Waals surface area (Å²) in [5.41, 5.74) is 3.50. The van der Waals surface area contributed by atoms with Crippen LogP contribution in [0.2, 0.25) is 0 Å². The number of methoxy groups -OCH3 is 1. The Morgan fingerprint density at radius 2 is 2.50 bits per heavy atom. The van der Waals surface area contributed by atoms with Crippen molar-refractivity contribution in [3.05, 3.63) is 29.6 Å². The van der Waals surface area contributed by atoms with Gasteiger partial charge in [0.1, 0.15) is 0 Å². The minimum absolute atomic E-state index is 0.324. The molecule has 1 saturated heterocycles. The Bertz CT molecular complexity index is 407. The Kier molecular flexibility index (Phi) is 4.24. The molecule has 0 aliphatic carbocycles. The lowest BCUT2D eigenvalue weighted by atomic mass is 10.2. The molecule has 2 heterocycles. The molecule has 0 saturated carbocycles. The molecule has 1 aromatic rings. The third kappa shape index (κ3) is 3.04. The van der Waals surface area contributed by atoms with Crippen molar-refractivity contribution in [2.45, 2.75) is 19.1 Å². The van der Waals surface area contributed by atoms with Gasteiger partial charge < -0.3 is 4.74 Å². The zero-order valence-electron chi connectivity index (χ0n) is 10.4. The molecule has 6 heteroatoms. The number of hydrazine groups is 1. The quantitative estimate of drug-likeness (QED) is 0.443. The van der Waals surface area contributed by atoms with Gasteiger partial charge in [-0.25, -0.2) is 5.84 Å². The molecule has 98 valence electrons. The number of nitrogens with two attached hydrogens (primary N) is 1. The summed E-state index contributed by atoms with van der Waals surface area (Å²) >= 11 is 0. The molecular formula is C12H18N4O2. The predicted octanol–water partition coefficient (Wildman–Crippen LogP) is -0.0942. The highest BCUT2D eigenvalue weighted by atomic mass is 16.5. The second-order valence-electron chi connectivity index (χ2n) is 4.39. The molecule has 2 rings (SSSR count). The van der Waals surface area contributed by atoms with Crippen LogP contribution in [0, 0.1) is 0 Å². The molecule has 0 aromatic carbocycles. The van der Waals surface area contributed by atoms with Crippen LogP contribution in [-0.2, 0) is 11.3 Å². The first-order valence-corrected chi connectivity index (χ1v) is 5.94. The highest BCUT2D eigenvalue weighted by Crippen LogP contribution is 2.14. The molecule has 1 unspecified atom stereocenters. The Morgan fingerprint density at radius 1 is 1.67 bits per heavy atom. The molecule has 0 radical (unpaired) electrons. The van der Waals surface area contributed by atoms with E-state index >= 15 is 0 Å². The lowest BCUT2D eigenvalue weighted by Crippen LogP contribution is -2.30. The van der Waals surface area contributed by atoms with Gasteiger partial charge in [0.25, 0.3) is 5.91 Å². The molecule has 0 bridgehead atoms. The van der Waals surface area contributed by atoms with Crippen molar-refractivity contribution in [3.8, 4) is 0 Å². The van der Waals surface area contributed by atoms with Gasteiger partial charge in [0.05, 0.1) is 17.4 Å². The summed E-state index contributed by atoms with van der Waals surface area (Å²) in [6, 6.07) is 3.58. The Balaban J connectivity index is 1.92. The molecule has 1 aromatic heterocycles. The summed E-state index contributed by atoms with van der Waals surface area (Å²) in [7, 11) is 1.74. The van der Waals surface area contributed by atoms with Gasteiger partial charge in [0.15, 0.2) is 0 Å². The number of aromatic nitrogens is 1. The minimum Gasteiger partial charge on any atom is -0.380 e. The fraction of sp³-hybridized carbons (Fsp3) is 0.500. The monoisotopic (exact) mass is 250 g/mol. The first-order valence-electron chi connectivity index (χ1n) is 5.94. The van der Waals surface area contributed by atoms with E-state index in [1.165, 1.54) is 0 Å². The van der Waals surface area contributed by atoms with E-state index in [4.69, 9.17) is 10.6 Å². The maximum absolute atomic E-state index is 11.2. The maximum Gasteiger partial charge on any atom is 0.266 e. The van der Waals surface area contributed by atoms with E-state index in [1.54, 1.807) is 19.4 Å². The fourth-order valence-electron chi connectivity index (χ4n) is 2.10. The molecule has 3 N–H and O–H groups in total. The van der Waals surface area contributed by atoms with Crippen molar-refractivity contribution in [1.29, 1.82) is 0 Å². The maximum atomic E-state index is 11.2. The Morgan fingerprint density at radius 3 is 3.06 bits per heavy atom. The van der Waals surface area contributed by atoms with E-state index < -0.39 is 0 Å². The molecule has 1 aliphatic rings. The topological polar surface area (TPSA) is 80.5 Å². The van der Waals surface area contributed by atoms with Crippen molar-refractivity contribution in [3.63, 3.8) is 0 Å². The van der Waals surface area contributed by atoms with E-state index in [0.717, 1.165) is 31.7 Å².